The minimum absolute atomic E-state index is 0.0231. The fraction of sp³-hybridized carbons (Fsp3) is 0.600. The Morgan fingerprint density at radius 2 is 2.32 bits per heavy atom. The van der Waals surface area contributed by atoms with Crippen LogP contribution < -0.4 is 10.1 Å². The Balaban J connectivity index is 2.28. The van der Waals surface area contributed by atoms with Crippen LogP contribution in [0.4, 0.5) is 4.39 Å². The summed E-state index contributed by atoms with van der Waals surface area (Å²) in [5.41, 5.74) is 0.670. The Hall–Kier alpha value is -1.13. The molecule has 1 fully saturated rings. The fourth-order valence-corrected chi connectivity index (χ4v) is 2.76. The summed E-state index contributed by atoms with van der Waals surface area (Å²) in [6.07, 6.45) is 1.20. The maximum Gasteiger partial charge on any atom is 0.169 e. The highest BCUT2D eigenvalue weighted by Crippen LogP contribution is 2.35. The standard InChI is InChI=1S/C15H22FNO2/c1-4-17-15(11-8-10(2)19-9-11)12-6-5-7-13(18-3)14(12)16/h5-7,10-11,15,17H,4,8-9H2,1-3H3. The van der Waals surface area contributed by atoms with Crippen LogP contribution in [-0.2, 0) is 4.74 Å². The summed E-state index contributed by atoms with van der Waals surface area (Å²) in [7, 11) is 1.49. The van der Waals surface area contributed by atoms with Gasteiger partial charge in [0.15, 0.2) is 11.6 Å². The van der Waals surface area contributed by atoms with Crippen molar-refractivity contribution in [2.24, 2.45) is 5.92 Å². The predicted molar refractivity (Wildman–Crippen MR) is 72.9 cm³/mol. The monoisotopic (exact) mass is 267 g/mol. The van der Waals surface area contributed by atoms with Gasteiger partial charge in [-0.25, -0.2) is 4.39 Å². The van der Waals surface area contributed by atoms with Crippen molar-refractivity contribution in [3.05, 3.63) is 29.6 Å². The van der Waals surface area contributed by atoms with Crippen molar-refractivity contribution in [3.8, 4) is 5.75 Å². The van der Waals surface area contributed by atoms with Gasteiger partial charge in [0.05, 0.1) is 19.8 Å². The van der Waals surface area contributed by atoms with Gasteiger partial charge in [0.1, 0.15) is 0 Å². The lowest BCUT2D eigenvalue weighted by Crippen LogP contribution is -2.29. The zero-order valence-electron chi connectivity index (χ0n) is 11.8. The van der Waals surface area contributed by atoms with E-state index < -0.39 is 0 Å². The number of rotatable bonds is 5. The van der Waals surface area contributed by atoms with Crippen molar-refractivity contribution in [2.45, 2.75) is 32.4 Å². The minimum atomic E-state index is -0.268. The van der Waals surface area contributed by atoms with Crippen LogP contribution in [0.5, 0.6) is 5.75 Å². The number of hydrogen-bond donors (Lipinski definition) is 1. The van der Waals surface area contributed by atoms with Gasteiger partial charge in [-0.15, -0.1) is 0 Å². The van der Waals surface area contributed by atoms with Crippen LogP contribution in [0.15, 0.2) is 18.2 Å². The second-order valence-corrected chi connectivity index (χ2v) is 5.04. The topological polar surface area (TPSA) is 30.5 Å². The van der Waals surface area contributed by atoms with Crippen molar-refractivity contribution in [1.82, 2.24) is 5.32 Å². The van der Waals surface area contributed by atoms with Gasteiger partial charge >= 0.3 is 0 Å². The van der Waals surface area contributed by atoms with E-state index >= 15 is 0 Å². The number of ether oxygens (including phenoxy) is 2. The van der Waals surface area contributed by atoms with Gasteiger partial charge in [-0.05, 0) is 26.0 Å². The van der Waals surface area contributed by atoms with Crippen molar-refractivity contribution in [2.75, 3.05) is 20.3 Å². The molecule has 3 atom stereocenters. The van der Waals surface area contributed by atoms with Crippen molar-refractivity contribution >= 4 is 0 Å². The number of hydrogen-bond acceptors (Lipinski definition) is 3. The van der Waals surface area contributed by atoms with Gasteiger partial charge in [0, 0.05) is 17.5 Å². The normalized spacial score (nSPS) is 24.4. The first kappa shape index (κ1) is 14.3. The summed E-state index contributed by atoms with van der Waals surface area (Å²) in [6.45, 7) is 5.57. The zero-order valence-corrected chi connectivity index (χ0v) is 11.8. The molecule has 19 heavy (non-hydrogen) atoms. The average molecular weight is 267 g/mol. The highest BCUT2D eigenvalue weighted by Gasteiger charge is 2.32. The van der Waals surface area contributed by atoms with E-state index in [-0.39, 0.29) is 18.0 Å². The van der Waals surface area contributed by atoms with E-state index in [9.17, 15) is 4.39 Å². The van der Waals surface area contributed by atoms with Gasteiger partial charge in [-0.3, -0.25) is 0 Å². The molecule has 106 valence electrons. The number of methoxy groups -OCH3 is 1. The summed E-state index contributed by atoms with van der Waals surface area (Å²) in [6, 6.07) is 5.29. The molecule has 3 nitrogen and oxygen atoms in total. The maximum atomic E-state index is 14.4. The van der Waals surface area contributed by atoms with Gasteiger partial charge in [0.2, 0.25) is 0 Å². The molecule has 0 amide bonds. The quantitative estimate of drug-likeness (QED) is 0.889. The molecule has 0 radical (unpaired) electrons. The molecule has 0 saturated carbocycles. The van der Waals surface area contributed by atoms with E-state index in [1.807, 2.05) is 19.1 Å². The highest BCUT2D eigenvalue weighted by molar-refractivity contribution is 5.33. The second-order valence-electron chi connectivity index (χ2n) is 5.04. The minimum Gasteiger partial charge on any atom is -0.494 e. The molecule has 1 aliphatic rings. The number of benzene rings is 1. The number of nitrogens with one attached hydrogen (secondary N) is 1. The summed E-state index contributed by atoms with van der Waals surface area (Å²) < 4.78 is 25.1. The Kier molecular flexibility index (Phi) is 4.77. The van der Waals surface area contributed by atoms with E-state index in [2.05, 4.69) is 12.2 Å². The smallest absolute Gasteiger partial charge is 0.169 e. The van der Waals surface area contributed by atoms with Crippen LogP contribution in [0, 0.1) is 11.7 Å². The lowest BCUT2D eigenvalue weighted by atomic mass is 9.90. The van der Waals surface area contributed by atoms with Gasteiger partial charge in [-0.2, -0.15) is 0 Å². The Labute approximate surface area is 114 Å². The third-order valence-corrected chi connectivity index (χ3v) is 3.67. The summed E-state index contributed by atoms with van der Waals surface area (Å²) >= 11 is 0. The van der Waals surface area contributed by atoms with E-state index in [0.717, 1.165) is 13.0 Å². The van der Waals surface area contributed by atoms with Crippen LogP contribution in [-0.4, -0.2) is 26.4 Å². The fourth-order valence-electron chi connectivity index (χ4n) is 2.76. The molecule has 2 rings (SSSR count). The van der Waals surface area contributed by atoms with E-state index in [0.29, 0.717) is 23.8 Å². The molecular formula is C15H22FNO2. The number of halogens is 1. The van der Waals surface area contributed by atoms with Crippen LogP contribution in [0.2, 0.25) is 0 Å². The van der Waals surface area contributed by atoms with Gasteiger partial charge in [-0.1, -0.05) is 19.1 Å². The Bertz CT molecular complexity index is 425. The van der Waals surface area contributed by atoms with Crippen molar-refractivity contribution in [1.29, 1.82) is 0 Å². The van der Waals surface area contributed by atoms with Crippen molar-refractivity contribution < 1.29 is 13.9 Å². The van der Waals surface area contributed by atoms with Crippen LogP contribution in [0.1, 0.15) is 31.9 Å². The Morgan fingerprint density at radius 1 is 1.53 bits per heavy atom. The molecule has 1 saturated heterocycles. The van der Waals surface area contributed by atoms with Gasteiger partial charge < -0.3 is 14.8 Å². The summed E-state index contributed by atoms with van der Waals surface area (Å²) in [5, 5.41) is 3.38. The molecular weight excluding hydrogens is 245 g/mol. The van der Waals surface area contributed by atoms with Crippen LogP contribution >= 0.6 is 0 Å². The molecule has 1 aromatic rings. The lowest BCUT2D eigenvalue weighted by Gasteiger charge is -2.24. The molecule has 1 aromatic carbocycles. The first-order valence-electron chi connectivity index (χ1n) is 6.84. The van der Waals surface area contributed by atoms with E-state index in [4.69, 9.17) is 9.47 Å². The summed E-state index contributed by atoms with van der Waals surface area (Å²) in [4.78, 5) is 0. The average Bonchev–Trinajstić information content (AvgIpc) is 2.83. The molecule has 1 heterocycles. The largest absolute Gasteiger partial charge is 0.494 e. The highest BCUT2D eigenvalue weighted by atomic mass is 19.1. The third-order valence-electron chi connectivity index (χ3n) is 3.67. The lowest BCUT2D eigenvalue weighted by molar-refractivity contribution is 0.116. The molecule has 4 heteroatoms. The van der Waals surface area contributed by atoms with Crippen molar-refractivity contribution in [3.63, 3.8) is 0 Å². The SMILES string of the molecule is CCNC(c1cccc(OC)c1F)C1COC(C)C1. The molecule has 0 bridgehead atoms. The zero-order chi connectivity index (χ0) is 13.8. The molecule has 0 aromatic heterocycles. The molecule has 3 unspecified atom stereocenters. The molecule has 0 aliphatic carbocycles. The maximum absolute atomic E-state index is 14.4. The van der Waals surface area contributed by atoms with Gasteiger partial charge in [0.25, 0.3) is 0 Å². The third kappa shape index (κ3) is 3.07. The first-order valence-corrected chi connectivity index (χ1v) is 6.84. The molecule has 0 spiro atoms. The van der Waals surface area contributed by atoms with Crippen LogP contribution in [0.3, 0.4) is 0 Å². The second kappa shape index (κ2) is 6.35. The first-order chi connectivity index (χ1) is 9.17. The Morgan fingerprint density at radius 3 is 2.89 bits per heavy atom. The van der Waals surface area contributed by atoms with E-state index in [1.54, 1.807) is 6.07 Å². The predicted octanol–water partition coefficient (Wildman–Crippen LogP) is 2.91. The van der Waals surface area contributed by atoms with Crippen LogP contribution in [0.25, 0.3) is 0 Å². The molecule has 1 N–H and O–H groups in total. The van der Waals surface area contributed by atoms with E-state index in [1.165, 1.54) is 7.11 Å². The summed E-state index contributed by atoms with van der Waals surface area (Å²) in [5.74, 6) is 0.333. The molecule has 1 aliphatic heterocycles.